The predicted molar refractivity (Wildman–Crippen MR) is 229 cm³/mol. The van der Waals surface area contributed by atoms with E-state index in [-0.39, 0.29) is 56.9 Å². The summed E-state index contributed by atoms with van der Waals surface area (Å²) in [5.41, 5.74) is 1.89. The number of hydrogen-bond acceptors (Lipinski definition) is 15. The highest BCUT2D eigenvalue weighted by Crippen LogP contribution is 2.51. The Morgan fingerprint density at radius 3 is 2.17 bits per heavy atom. The van der Waals surface area contributed by atoms with Gasteiger partial charge in [0, 0.05) is 72.2 Å². The molecule has 1 atom stereocenters. The number of carbonyl (C=O) groups excluding carboxylic acids is 3. The molecule has 1 saturated heterocycles. The molecule has 1 aromatic rings. The SMILES string of the molecule is CC[N+](CCCS(=O)(=O)[O-])=c1ccc2c(C(C)(C)C)cc(C=CC=CC=C3N(CCCS(=O)(=O)[O-])c4ccc(S(=O)(=O)[O-])cc4C3(C)CCCC(=O)ON3C(=O)CCC3=O)oc-2c1. The van der Waals surface area contributed by atoms with Crippen molar-refractivity contribution in [1.29, 1.82) is 0 Å². The van der Waals surface area contributed by atoms with Crippen LogP contribution >= 0.6 is 0 Å². The van der Waals surface area contributed by atoms with Crippen LogP contribution in [-0.4, -0.2) is 92.9 Å². The molecule has 0 spiro atoms. The topological polar surface area (TPSA) is 255 Å². The summed E-state index contributed by atoms with van der Waals surface area (Å²) in [6, 6.07) is 11.5. The second-order valence-corrected chi connectivity index (χ2v) is 21.0. The molecule has 1 aliphatic carbocycles. The number of carbonyl (C=O) groups is 3. The van der Waals surface area contributed by atoms with Crippen LogP contribution < -0.4 is 14.8 Å². The number of imide groups is 1. The molecular formula is C43H51N3O14S3-2. The van der Waals surface area contributed by atoms with E-state index in [1.165, 1.54) is 12.1 Å². The summed E-state index contributed by atoms with van der Waals surface area (Å²) < 4.78 is 113. The van der Waals surface area contributed by atoms with Crippen molar-refractivity contribution < 1.29 is 62.5 Å². The van der Waals surface area contributed by atoms with Crippen LogP contribution in [0.4, 0.5) is 5.69 Å². The summed E-state index contributed by atoms with van der Waals surface area (Å²) in [5, 5.41) is 1.23. The lowest BCUT2D eigenvalue weighted by molar-refractivity contribution is -0.197. The number of anilines is 1. The van der Waals surface area contributed by atoms with Crippen LogP contribution in [-0.2, 0) is 60.4 Å². The van der Waals surface area contributed by atoms with Crippen molar-refractivity contribution in [2.45, 2.75) is 95.3 Å². The van der Waals surface area contributed by atoms with Gasteiger partial charge in [-0.15, -0.1) is 5.06 Å². The van der Waals surface area contributed by atoms with E-state index in [9.17, 15) is 53.3 Å². The van der Waals surface area contributed by atoms with Gasteiger partial charge < -0.3 is 27.8 Å². The van der Waals surface area contributed by atoms with Gasteiger partial charge in [0.1, 0.15) is 34.7 Å². The first-order valence-corrected chi connectivity index (χ1v) is 24.9. The van der Waals surface area contributed by atoms with Crippen LogP contribution in [0, 0.1) is 0 Å². The molecule has 2 amide bonds. The second-order valence-electron chi connectivity index (χ2n) is 16.6. The third kappa shape index (κ3) is 12.6. The minimum Gasteiger partial charge on any atom is -0.748 e. The molecule has 3 aliphatic heterocycles. The van der Waals surface area contributed by atoms with Gasteiger partial charge in [0.25, 0.3) is 11.8 Å². The standard InChI is InChI=1S/C43H53N3O14S3/c1-6-44(23-11-25-61(50,51)52)30-16-18-33-34(42(2,3)4)28-31(59-37(33)27-30)13-8-7-9-14-38-43(5,22-10-15-41(49)60-46-39(47)20-21-40(46)48)35-29-32(63(56,57)58)17-19-36(35)45(38)24-12-26-62(53,54)55/h7-9,13-14,16-19,27-29H,6,10-12,15,20-26H2,1-5H3,(H2-,50,51,52,53,54,55,56,57,58)/p-2. The van der Waals surface area contributed by atoms with Gasteiger partial charge in [0.05, 0.1) is 31.2 Å². The third-order valence-corrected chi connectivity index (χ3v) is 13.3. The van der Waals surface area contributed by atoms with Crippen molar-refractivity contribution in [3.05, 3.63) is 94.7 Å². The molecule has 0 saturated carbocycles. The van der Waals surface area contributed by atoms with Gasteiger partial charge in [-0.2, -0.15) is 0 Å². The van der Waals surface area contributed by atoms with E-state index >= 15 is 0 Å². The zero-order chi connectivity index (χ0) is 46.5. The fraction of sp³-hybridized carbons (Fsp3) is 0.442. The highest BCUT2D eigenvalue weighted by Gasteiger charge is 2.43. The summed E-state index contributed by atoms with van der Waals surface area (Å²) in [7, 11) is -13.8. The number of fused-ring (bicyclic) bond motifs is 2. The van der Waals surface area contributed by atoms with E-state index in [1.54, 1.807) is 42.2 Å². The Kier molecular flexibility index (Phi) is 15.1. The molecule has 0 radical (unpaired) electrons. The Bertz CT molecular complexity index is 2710. The van der Waals surface area contributed by atoms with Crippen molar-refractivity contribution in [2.75, 3.05) is 36.0 Å². The lowest BCUT2D eigenvalue weighted by atomic mass is 9.77. The summed E-state index contributed by atoms with van der Waals surface area (Å²) in [5.74, 6) is -2.17. The Hall–Kier alpha value is -4.99. The molecule has 3 heterocycles. The molecule has 63 heavy (non-hydrogen) atoms. The van der Waals surface area contributed by atoms with Crippen molar-refractivity contribution in [2.24, 2.45) is 0 Å². The van der Waals surface area contributed by atoms with Gasteiger partial charge in [0.15, 0.2) is 0 Å². The quantitative estimate of drug-likeness (QED) is 0.0748. The number of allylic oxidation sites excluding steroid dienone is 5. The molecule has 17 nitrogen and oxygen atoms in total. The molecule has 1 fully saturated rings. The number of benzene rings is 2. The molecule has 0 N–H and O–H groups in total. The van der Waals surface area contributed by atoms with Crippen LogP contribution in [0.1, 0.15) is 96.5 Å². The van der Waals surface area contributed by atoms with E-state index in [1.807, 2.05) is 35.8 Å². The highest BCUT2D eigenvalue weighted by atomic mass is 32.2. The van der Waals surface area contributed by atoms with Crippen LogP contribution in [0.25, 0.3) is 17.4 Å². The lowest BCUT2D eigenvalue weighted by Gasteiger charge is -2.30. The van der Waals surface area contributed by atoms with Gasteiger partial charge in [-0.05, 0) is 92.1 Å². The molecule has 0 aromatic heterocycles. The van der Waals surface area contributed by atoms with Crippen LogP contribution in [0.15, 0.2) is 81.8 Å². The number of nitrogens with zero attached hydrogens (tertiary/aromatic N) is 3. The smallest absolute Gasteiger partial charge is 0.333 e. The Balaban J connectivity index is 1.51. The van der Waals surface area contributed by atoms with Crippen LogP contribution in [0.2, 0.25) is 0 Å². The Morgan fingerprint density at radius 2 is 1.56 bits per heavy atom. The molecule has 0 bridgehead atoms. The zero-order valence-electron chi connectivity index (χ0n) is 35.7. The van der Waals surface area contributed by atoms with E-state index in [4.69, 9.17) is 9.25 Å². The van der Waals surface area contributed by atoms with E-state index < -0.39 is 70.0 Å². The van der Waals surface area contributed by atoms with Gasteiger partial charge in [-0.1, -0.05) is 39.0 Å². The predicted octanol–water partition coefficient (Wildman–Crippen LogP) is 4.26. The van der Waals surface area contributed by atoms with Gasteiger partial charge >= 0.3 is 5.97 Å². The van der Waals surface area contributed by atoms with Crippen molar-refractivity contribution in [3.63, 3.8) is 0 Å². The Morgan fingerprint density at radius 1 is 0.889 bits per heavy atom. The normalized spacial score (nSPS) is 18.7. The van der Waals surface area contributed by atoms with Crippen LogP contribution in [0.3, 0.4) is 0 Å². The van der Waals surface area contributed by atoms with Gasteiger partial charge in [-0.3, -0.25) is 9.59 Å². The van der Waals surface area contributed by atoms with E-state index in [2.05, 4.69) is 20.8 Å². The van der Waals surface area contributed by atoms with Gasteiger partial charge in [-0.25, -0.2) is 34.6 Å². The molecule has 5 rings (SSSR count). The Labute approximate surface area is 368 Å². The number of amides is 2. The fourth-order valence-electron chi connectivity index (χ4n) is 7.84. The maximum Gasteiger partial charge on any atom is 0.333 e. The van der Waals surface area contributed by atoms with Crippen molar-refractivity contribution in [1.82, 2.24) is 9.64 Å². The maximum atomic E-state index is 12.8. The van der Waals surface area contributed by atoms with Crippen molar-refractivity contribution in [3.8, 4) is 11.3 Å². The largest absolute Gasteiger partial charge is 0.748 e. The first-order valence-electron chi connectivity index (χ1n) is 20.3. The molecule has 20 heteroatoms. The molecule has 4 aliphatic rings. The maximum absolute atomic E-state index is 12.8. The van der Waals surface area contributed by atoms with Gasteiger partial charge in [0.2, 0.25) is 5.36 Å². The second kappa shape index (κ2) is 19.4. The third-order valence-electron chi connectivity index (χ3n) is 10.9. The first kappa shape index (κ1) is 49.0. The first-order chi connectivity index (χ1) is 29.3. The minimum absolute atomic E-state index is 0.0189. The summed E-state index contributed by atoms with van der Waals surface area (Å²) in [6.45, 7) is 10.8. The van der Waals surface area contributed by atoms with Crippen molar-refractivity contribution >= 4 is 59.9 Å². The summed E-state index contributed by atoms with van der Waals surface area (Å²) in [4.78, 5) is 43.0. The molecule has 1 unspecified atom stereocenters. The lowest BCUT2D eigenvalue weighted by Crippen LogP contribution is -2.32. The molecule has 1 aromatic carbocycles. The number of hydrogen-bond donors (Lipinski definition) is 0. The minimum atomic E-state index is -4.91. The average Bonchev–Trinajstić information content (AvgIpc) is 3.61. The summed E-state index contributed by atoms with van der Waals surface area (Å²) in [6.07, 6.45) is 8.56. The number of hydroxylamine groups is 2. The molecular weight excluding hydrogens is 879 g/mol. The highest BCUT2D eigenvalue weighted by molar-refractivity contribution is 7.86. The number of rotatable bonds is 18. The van der Waals surface area contributed by atoms with E-state index in [0.29, 0.717) is 46.6 Å². The zero-order valence-corrected chi connectivity index (χ0v) is 38.1. The van der Waals surface area contributed by atoms with Crippen LogP contribution in [0.5, 0.6) is 0 Å². The average molecular weight is 930 g/mol. The monoisotopic (exact) mass is 929 g/mol. The molecule has 342 valence electrons. The fourth-order valence-corrected chi connectivity index (χ4v) is 9.30. The van der Waals surface area contributed by atoms with E-state index in [0.717, 1.165) is 22.6 Å². The summed E-state index contributed by atoms with van der Waals surface area (Å²) >= 11 is 0.